The van der Waals surface area contributed by atoms with Crippen LogP contribution in [0.2, 0.25) is 0 Å². The molecule has 1 aromatic carbocycles. The molecule has 2 rings (SSSR count). The first kappa shape index (κ1) is 11.6. The lowest BCUT2D eigenvalue weighted by Crippen LogP contribution is -2.20. The summed E-state index contributed by atoms with van der Waals surface area (Å²) in [6.45, 7) is 8.22. The fourth-order valence-corrected chi connectivity index (χ4v) is 1.91. The van der Waals surface area contributed by atoms with E-state index in [-0.39, 0.29) is 0 Å². The number of benzene rings is 1. The van der Waals surface area contributed by atoms with Crippen LogP contribution in [0.25, 0.3) is 11.9 Å². The second kappa shape index (κ2) is 5.00. The topological polar surface area (TPSA) is 8.81 Å². The van der Waals surface area contributed by atoms with Gasteiger partial charge < -0.3 is 0 Å². The van der Waals surface area contributed by atoms with E-state index in [1.54, 1.807) is 6.20 Å². The lowest BCUT2D eigenvalue weighted by Gasteiger charge is -2.04. The highest BCUT2D eigenvalue weighted by atomic mass is 15.1. The minimum absolute atomic E-state index is 0.704. The average Bonchev–Trinajstić information content (AvgIpc) is 2.78. The standard InChI is InChI=1S/C15H19N2/c1-4-16-9-10-17(12-16)15-7-5-14(6-8-15)11-13(2)3/h4-10,12-13H,1,11H2,2-3H3/q+1. The molecule has 88 valence electrons. The van der Waals surface area contributed by atoms with E-state index in [1.165, 1.54) is 11.3 Å². The number of aromatic nitrogens is 2. The Balaban J connectivity index is 2.19. The molecule has 0 radical (unpaired) electrons. The van der Waals surface area contributed by atoms with Gasteiger partial charge in [0.25, 0.3) is 6.33 Å². The maximum Gasteiger partial charge on any atom is 0.253 e. The third-order valence-electron chi connectivity index (χ3n) is 2.75. The molecule has 0 bridgehead atoms. The maximum atomic E-state index is 3.73. The second-order valence-corrected chi connectivity index (χ2v) is 4.72. The van der Waals surface area contributed by atoms with Gasteiger partial charge in [-0.1, -0.05) is 32.6 Å². The van der Waals surface area contributed by atoms with Crippen LogP contribution in [0, 0.1) is 5.92 Å². The van der Waals surface area contributed by atoms with Crippen LogP contribution >= 0.6 is 0 Å². The molecule has 0 amide bonds. The molecule has 0 saturated heterocycles. The summed E-state index contributed by atoms with van der Waals surface area (Å²) in [4.78, 5) is 0. The number of rotatable bonds is 4. The van der Waals surface area contributed by atoms with Crippen molar-refractivity contribution in [2.24, 2.45) is 5.92 Å². The van der Waals surface area contributed by atoms with Gasteiger partial charge in [0.2, 0.25) is 0 Å². The smallest absolute Gasteiger partial charge is 0.209 e. The zero-order valence-corrected chi connectivity index (χ0v) is 10.5. The van der Waals surface area contributed by atoms with Crippen LogP contribution in [-0.4, -0.2) is 4.57 Å². The number of nitrogens with zero attached hydrogens (tertiary/aromatic N) is 2. The Morgan fingerprint density at radius 2 is 2.00 bits per heavy atom. The Morgan fingerprint density at radius 3 is 2.53 bits per heavy atom. The lowest BCUT2D eigenvalue weighted by atomic mass is 10.0. The molecule has 2 heteroatoms. The molecule has 17 heavy (non-hydrogen) atoms. The Kier molecular flexibility index (Phi) is 3.43. The SMILES string of the molecule is C=C[n+]1ccn(-c2ccc(CC(C)C)cc2)c1. The largest absolute Gasteiger partial charge is 0.253 e. The molecule has 0 unspecified atom stereocenters. The summed E-state index contributed by atoms with van der Waals surface area (Å²) < 4.78 is 4.02. The van der Waals surface area contributed by atoms with E-state index in [4.69, 9.17) is 0 Å². The molecule has 0 aliphatic carbocycles. The summed E-state index contributed by atoms with van der Waals surface area (Å²) in [6, 6.07) is 8.72. The molecule has 0 spiro atoms. The molecular weight excluding hydrogens is 208 g/mol. The van der Waals surface area contributed by atoms with E-state index in [0.717, 1.165) is 6.42 Å². The van der Waals surface area contributed by atoms with Crippen molar-refractivity contribution >= 4 is 6.20 Å². The van der Waals surface area contributed by atoms with E-state index < -0.39 is 0 Å². The summed E-state index contributed by atoms with van der Waals surface area (Å²) in [5.41, 5.74) is 2.57. The minimum Gasteiger partial charge on any atom is -0.209 e. The molecule has 2 aromatic rings. The van der Waals surface area contributed by atoms with Crippen molar-refractivity contribution in [1.82, 2.24) is 4.57 Å². The number of hydrogen-bond acceptors (Lipinski definition) is 0. The highest BCUT2D eigenvalue weighted by Gasteiger charge is 2.05. The molecule has 0 aliphatic heterocycles. The van der Waals surface area contributed by atoms with Crippen LogP contribution in [-0.2, 0) is 6.42 Å². The Bertz CT molecular complexity index is 492. The fraction of sp³-hybridized carbons (Fsp3) is 0.267. The van der Waals surface area contributed by atoms with E-state index >= 15 is 0 Å². The minimum atomic E-state index is 0.704. The van der Waals surface area contributed by atoms with Gasteiger partial charge in [0.15, 0.2) is 0 Å². The van der Waals surface area contributed by atoms with Crippen LogP contribution < -0.4 is 4.57 Å². The van der Waals surface area contributed by atoms with Gasteiger partial charge in [0.1, 0.15) is 18.1 Å². The van der Waals surface area contributed by atoms with Crippen molar-refractivity contribution in [2.75, 3.05) is 0 Å². The van der Waals surface area contributed by atoms with Gasteiger partial charge >= 0.3 is 0 Å². The Morgan fingerprint density at radius 1 is 1.29 bits per heavy atom. The molecule has 0 saturated carbocycles. The average molecular weight is 227 g/mol. The second-order valence-electron chi connectivity index (χ2n) is 4.72. The van der Waals surface area contributed by atoms with Crippen molar-refractivity contribution in [2.45, 2.75) is 20.3 Å². The molecule has 2 nitrogen and oxygen atoms in total. The molecular formula is C15H19N2+. The summed E-state index contributed by atoms with van der Waals surface area (Å²) in [5, 5.41) is 0. The monoisotopic (exact) mass is 227 g/mol. The Hall–Kier alpha value is -1.83. The van der Waals surface area contributed by atoms with Crippen LogP contribution in [0.1, 0.15) is 19.4 Å². The molecule has 0 N–H and O–H groups in total. The highest BCUT2D eigenvalue weighted by Crippen LogP contribution is 2.12. The van der Waals surface area contributed by atoms with Crippen LogP contribution in [0.4, 0.5) is 0 Å². The van der Waals surface area contributed by atoms with Crippen LogP contribution in [0.15, 0.2) is 49.6 Å². The summed E-state index contributed by atoms with van der Waals surface area (Å²) in [7, 11) is 0. The van der Waals surface area contributed by atoms with Crippen molar-refractivity contribution in [3.8, 4) is 5.69 Å². The first-order valence-corrected chi connectivity index (χ1v) is 5.99. The quantitative estimate of drug-likeness (QED) is 0.710. The third kappa shape index (κ3) is 2.84. The molecule has 0 atom stereocenters. The van der Waals surface area contributed by atoms with Gasteiger partial charge in [-0.3, -0.25) is 0 Å². The summed E-state index contributed by atoms with van der Waals surface area (Å²) >= 11 is 0. The molecule has 0 fully saturated rings. The third-order valence-corrected chi connectivity index (χ3v) is 2.75. The predicted octanol–water partition coefficient (Wildman–Crippen LogP) is 3.06. The highest BCUT2D eigenvalue weighted by molar-refractivity contribution is 5.34. The van der Waals surface area contributed by atoms with Crippen LogP contribution in [0.3, 0.4) is 0 Å². The van der Waals surface area contributed by atoms with Gasteiger partial charge in [-0.05, 0) is 30.0 Å². The molecule has 1 heterocycles. The van der Waals surface area contributed by atoms with Crippen LogP contribution in [0.5, 0.6) is 0 Å². The zero-order chi connectivity index (χ0) is 12.3. The lowest BCUT2D eigenvalue weighted by molar-refractivity contribution is -0.566. The normalized spacial score (nSPS) is 10.8. The van der Waals surface area contributed by atoms with E-state index in [9.17, 15) is 0 Å². The van der Waals surface area contributed by atoms with Gasteiger partial charge in [0, 0.05) is 0 Å². The van der Waals surface area contributed by atoms with Crippen molar-refractivity contribution < 1.29 is 4.57 Å². The van der Waals surface area contributed by atoms with Gasteiger partial charge in [0.05, 0.1) is 6.20 Å². The molecule has 0 aliphatic rings. The van der Waals surface area contributed by atoms with Gasteiger partial charge in [-0.2, -0.15) is 0 Å². The number of imidazole rings is 1. The zero-order valence-electron chi connectivity index (χ0n) is 10.5. The fourth-order valence-electron chi connectivity index (χ4n) is 1.91. The van der Waals surface area contributed by atoms with Crippen molar-refractivity contribution in [3.63, 3.8) is 0 Å². The molecule has 1 aromatic heterocycles. The predicted molar refractivity (Wildman–Crippen MR) is 70.9 cm³/mol. The van der Waals surface area contributed by atoms with Crippen molar-refractivity contribution in [3.05, 3.63) is 55.1 Å². The van der Waals surface area contributed by atoms with Gasteiger partial charge in [-0.15, -0.1) is 0 Å². The first-order chi connectivity index (χ1) is 8.19. The summed E-state index contributed by atoms with van der Waals surface area (Å²) in [5.74, 6) is 0.704. The van der Waals surface area contributed by atoms with E-state index in [2.05, 4.69) is 49.3 Å². The Labute approximate surface area is 103 Å². The van der Waals surface area contributed by atoms with Crippen molar-refractivity contribution in [1.29, 1.82) is 0 Å². The van der Waals surface area contributed by atoms with E-state index in [0.29, 0.717) is 5.92 Å². The first-order valence-electron chi connectivity index (χ1n) is 5.99. The van der Waals surface area contributed by atoms with Gasteiger partial charge in [-0.25, -0.2) is 9.13 Å². The van der Waals surface area contributed by atoms with E-state index in [1.807, 2.05) is 23.3 Å². The maximum absolute atomic E-state index is 3.73. The number of hydrogen-bond donors (Lipinski definition) is 0. The summed E-state index contributed by atoms with van der Waals surface area (Å²) in [6.07, 6.45) is 8.93.